The van der Waals surface area contributed by atoms with Gasteiger partial charge < -0.3 is 16.0 Å². The van der Waals surface area contributed by atoms with E-state index in [1.54, 1.807) is 12.3 Å². The second-order valence-corrected chi connectivity index (χ2v) is 7.00. The molecule has 2 aromatic rings. The van der Waals surface area contributed by atoms with E-state index in [0.29, 0.717) is 24.3 Å². The van der Waals surface area contributed by atoms with Crippen LogP contribution in [0.1, 0.15) is 34.5 Å². The van der Waals surface area contributed by atoms with Crippen LogP contribution in [0.5, 0.6) is 0 Å². The lowest BCUT2D eigenvalue weighted by Gasteiger charge is -2.18. The normalized spacial score (nSPS) is 17.0. The maximum absolute atomic E-state index is 12.2. The molecule has 3 N–H and O–H groups in total. The number of hydrogen-bond donors (Lipinski definition) is 3. The fourth-order valence-corrected chi connectivity index (χ4v) is 3.40. The Hall–Kier alpha value is -2.89. The zero-order chi connectivity index (χ0) is 18.0. The molecule has 1 aliphatic heterocycles. The van der Waals surface area contributed by atoms with Crippen LogP contribution in [0.25, 0.3) is 0 Å². The standard InChI is InChI=1S/C20H22N4O2/c25-18(24-13-20(7-8-20)14-4-2-1-3-5-14)12-22-15-10-16-17(23-11-15)6-9-21-19(16)26/h1-5,10-11,22H,6-9,12-13H2,(H,21,26)(H,24,25). The average Bonchev–Trinajstić information content (AvgIpc) is 3.47. The summed E-state index contributed by atoms with van der Waals surface area (Å²) in [4.78, 5) is 28.4. The monoisotopic (exact) mass is 350 g/mol. The SMILES string of the molecule is O=C(CNc1cnc2c(c1)C(=O)NCC2)NCC1(c2ccccc2)CC1. The Morgan fingerprint density at radius 3 is 2.81 bits per heavy atom. The van der Waals surface area contributed by atoms with Crippen LogP contribution in [0.15, 0.2) is 42.6 Å². The van der Waals surface area contributed by atoms with Crippen molar-refractivity contribution in [2.45, 2.75) is 24.7 Å². The second kappa shape index (κ2) is 6.78. The molecule has 4 rings (SSSR count). The molecule has 1 aromatic heterocycles. The van der Waals surface area contributed by atoms with Crippen molar-refractivity contribution in [1.29, 1.82) is 0 Å². The van der Waals surface area contributed by atoms with Gasteiger partial charge in [0.25, 0.3) is 5.91 Å². The molecule has 26 heavy (non-hydrogen) atoms. The molecule has 6 heteroatoms. The van der Waals surface area contributed by atoms with Gasteiger partial charge in [-0.25, -0.2) is 0 Å². The van der Waals surface area contributed by atoms with Crippen molar-refractivity contribution in [2.75, 3.05) is 25.0 Å². The van der Waals surface area contributed by atoms with Crippen LogP contribution in [0.3, 0.4) is 0 Å². The third kappa shape index (κ3) is 3.40. The van der Waals surface area contributed by atoms with Gasteiger partial charge in [-0.1, -0.05) is 30.3 Å². The van der Waals surface area contributed by atoms with Crippen molar-refractivity contribution in [3.8, 4) is 0 Å². The van der Waals surface area contributed by atoms with Crippen LogP contribution >= 0.6 is 0 Å². The molecule has 0 spiro atoms. The Balaban J connectivity index is 1.31. The zero-order valence-corrected chi connectivity index (χ0v) is 14.5. The Bertz CT molecular complexity index is 831. The third-order valence-corrected chi connectivity index (χ3v) is 5.18. The maximum Gasteiger partial charge on any atom is 0.253 e. The van der Waals surface area contributed by atoms with Gasteiger partial charge in [0.2, 0.25) is 5.91 Å². The number of nitrogens with one attached hydrogen (secondary N) is 3. The van der Waals surface area contributed by atoms with E-state index in [4.69, 9.17) is 0 Å². The molecule has 0 radical (unpaired) electrons. The predicted molar refractivity (Wildman–Crippen MR) is 99.1 cm³/mol. The van der Waals surface area contributed by atoms with Gasteiger partial charge in [-0.3, -0.25) is 14.6 Å². The average molecular weight is 350 g/mol. The third-order valence-electron chi connectivity index (χ3n) is 5.18. The van der Waals surface area contributed by atoms with E-state index in [2.05, 4.69) is 33.1 Å². The molecule has 134 valence electrons. The molecular formula is C20H22N4O2. The van der Waals surface area contributed by atoms with Gasteiger partial charge in [0, 0.05) is 24.9 Å². The summed E-state index contributed by atoms with van der Waals surface area (Å²) in [5.41, 5.74) is 3.46. The van der Waals surface area contributed by atoms with Crippen molar-refractivity contribution in [3.05, 3.63) is 59.4 Å². The summed E-state index contributed by atoms with van der Waals surface area (Å²) in [5, 5.41) is 8.88. The van der Waals surface area contributed by atoms with Crippen LogP contribution in [0.2, 0.25) is 0 Å². The van der Waals surface area contributed by atoms with Crippen molar-refractivity contribution in [3.63, 3.8) is 0 Å². The highest BCUT2D eigenvalue weighted by Crippen LogP contribution is 2.47. The summed E-state index contributed by atoms with van der Waals surface area (Å²) >= 11 is 0. The Morgan fingerprint density at radius 2 is 2.04 bits per heavy atom. The Labute approximate surface area is 152 Å². The van der Waals surface area contributed by atoms with Gasteiger partial charge in [0.15, 0.2) is 0 Å². The van der Waals surface area contributed by atoms with E-state index in [-0.39, 0.29) is 23.8 Å². The van der Waals surface area contributed by atoms with Crippen molar-refractivity contribution in [2.24, 2.45) is 0 Å². The lowest BCUT2D eigenvalue weighted by Crippen LogP contribution is -2.36. The summed E-state index contributed by atoms with van der Waals surface area (Å²) in [6, 6.07) is 12.1. The van der Waals surface area contributed by atoms with Gasteiger partial charge in [0.05, 0.1) is 29.7 Å². The first-order valence-electron chi connectivity index (χ1n) is 9.00. The minimum absolute atomic E-state index is 0.0608. The number of aromatic nitrogens is 1. The molecule has 0 bridgehead atoms. The number of carbonyl (C=O) groups is 2. The maximum atomic E-state index is 12.2. The summed E-state index contributed by atoms with van der Waals surface area (Å²) in [6.07, 6.45) is 4.63. The zero-order valence-electron chi connectivity index (χ0n) is 14.5. The van der Waals surface area contributed by atoms with E-state index in [0.717, 1.165) is 25.0 Å². The number of fused-ring (bicyclic) bond motifs is 1. The highest BCUT2D eigenvalue weighted by Gasteiger charge is 2.44. The van der Waals surface area contributed by atoms with E-state index in [9.17, 15) is 9.59 Å². The number of amides is 2. The Kier molecular flexibility index (Phi) is 4.32. The van der Waals surface area contributed by atoms with Crippen molar-refractivity contribution in [1.82, 2.24) is 15.6 Å². The Morgan fingerprint density at radius 1 is 1.23 bits per heavy atom. The number of pyridine rings is 1. The molecular weight excluding hydrogens is 328 g/mol. The highest BCUT2D eigenvalue weighted by molar-refractivity contribution is 5.97. The number of nitrogens with zero attached hydrogens (tertiary/aromatic N) is 1. The fraction of sp³-hybridized carbons (Fsp3) is 0.350. The minimum atomic E-state index is -0.106. The van der Waals surface area contributed by atoms with E-state index < -0.39 is 0 Å². The molecule has 1 fully saturated rings. The van der Waals surface area contributed by atoms with E-state index in [1.807, 2.05) is 18.2 Å². The lowest BCUT2D eigenvalue weighted by atomic mass is 9.96. The van der Waals surface area contributed by atoms with Gasteiger partial charge in [-0.2, -0.15) is 0 Å². The molecule has 6 nitrogen and oxygen atoms in total. The summed E-state index contributed by atoms with van der Waals surface area (Å²) < 4.78 is 0. The quantitative estimate of drug-likeness (QED) is 0.739. The molecule has 2 heterocycles. The predicted octanol–water partition coefficient (Wildman–Crippen LogP) is 1.63. The number of hydrogen-bond acceptors (Lipinski definition) is 4. The highest BCUT2D eigenvalue weighted by atomic mass is 16.2. The van der Waals surface area contributed by atoms with Gasteiger partial charge in [-0.15, -0.1) is 0 Å². The van der Waals surface area contributed by atoms with Gasteiger partial charge in [-0.05, 0) is 24.5 Å². The number of benzene rings is 1. The van der Waals surface area contributed by atoms with E-state index in [1.165, 1.54) is 5.56 Å². The van der Waals surface area contributed by atoms with Crippen molar-refractivity contribution >= 4 is 17.5 Å². The fourth-order valence-electron chi connectivity index (χ4n) is 3.40. The topological polar surface area (TPSA) is 83.1 Å². The number of carbonyl (C=O) groups excluding carboxylic acids is 2. The van der Waals surface area contributed by atoms with Gasteiger partial charge in [0.1, 0.15) is 0 Å². The molecule has 0 unspecified atom stereocenters. The molecule has 1 aromatic carbocycles. The van der Waals surface area contributed by atoms with Crippen LogP contribution in [-0.2, 0) is 16.6 Å². The second-order valence-electron chi connectivity index (χ2n) is 7.00. The largest absolute Gasteiger partial charge is 0.375 e. The summed E-state index contributed by atoms with van der Waals surface area (Å²) in [7, 11) is 0. The number of rotatable bonds is 6. The van der Waals surface area contributed by atoms with Crippen LogP contribution < -0.4 is 16.0 Å². The number of anilines is 1. The first-order chi connectivity index (χ1) is 12.7. The first-order valence-corrected chi connectivity index (χ1v) is 9.00. The molecule has 0 saturated heterocycles. The minimum Gasteiger partial charge on any atom is -0.375 e. The summed E-state index contributed by atoms with van der Waals surface area (Å²) in [5.74, 6) is -0.167. The van der Waals surface area contributed by atoms with Crippen molar-refractivity contribution < 1.29 is 9.59 Å². The first kappa shape index (κ1) is 16.6. The van der Waals surface area contributed by atoms with Gasteiger partial charge >= 0.3 is 0 Å². The lowest BCUT2D eigenvalue weighted by molar-refractivity contribution is -0.119. The van der Waals surface area contributed by atoms with Crippen LogP contribution in [0, 0.1) is 0 Å². The van der Waals surface area contributed by atoms with Crippen LogP contribution in [0.4, 0.5) is 5.69 Å². The van der Waals surface area contributed by atoms with E-state index >= 15 is 0 Å². The van der Waals surface area contributed by atoms with Crippen LogP contribution in [-0.4, -0.2) is 36.4 Å². The molecule has 2 amide bonds. The molecule has 1 saturated carbocycles. The summed E-state index contributed by atoms with van der Waals surface area (Å²) in [6.45, 7) is 1.44. The molecule has 0 atom stereocenters. The smallest absolute Gasteiger partial charge is 0.253 e. The molecule has 1 aliphatic carbocycles. The molecule has 2 aliphatic rings.